The van der Waals surface area contributed by atoms with Gasteiger partial charge in [0.25, 0.3) is 5.24 Å². The van der Waals surface area contributed by atoms with Crippen molar-refractivity contribution in [1.29, 1.82) is 0 Å². The topological polar surface area (TPSA) is 69.2 Å². The molecular formula is C7H11ClNO3S-. The number of hydrogen-bond acceptors (Lipinski definition) is 4. The van der Waals surface area contributed by atoms with Gasteiger partial charge >= 0.3 is 0 Å². The molecule has 0 aromatic heterocycles. The molecule has 0 radical (unpaired) electrons. The molecule has 0 spiro atoms. The van der Waals surface area contributed by atoms with Gasteiger partial charge in [0.05, 0.1) is 11.2 Å². The lowest BCUT2D eigenvalue weighted by atomic mass is 10.3. The molecular weight excluding hydrogens is 214 g/mol. The number of aliphatic carboxylic acids is 1. The zero-order valence-electron chi connectivity index (χ0n) is 7.21. The van der Waals surface area contributed by atoms with Gasteiger partial charge in [-0.15, -0.1) is 11.6 Å². The summed E-state index contributed by atoms with van der Waals surface area (Å²) in [7, 11) is 0. The minimum absolute atomic E-state index is 0.314. The molecule has 0 saturated heterocycles. The van der Waals surface area contributed by atoms with Crippen molar-refractivity contribution in [3.63, 3.8) is 0 Å². The molecule has 6 heteroatoms. The molecule has 1 unspecified atom stereocenters. The number of alkyl halides is 1. The minimum Gasteiger partial charge on any atom is -0.549 e. The van der Waals surface area contributed by atoms with Crippen molar-refractivity contribution in [2.45, 2.75) is 18.6 Å². The minimum atomic E-state index is -1.21. The fraction of sp³-hybridized carbons (Fsp3) is 0.714. The van der Waals surface area contributed by atoms with E-state index >= 15 is 0 Å². The third-order valence-corrected chi connectivity index (χ3v) is 2.60. The van der Waals surface area contributed by atoms with Crippen molar-refractivity contribution >= 4 is 34.6 Å². The number of carbonyl (C=O) groups excluding carboxylic acids is 2. The second-order valence-corrected chi connectivity index (χ2v) is 3.79. The van der Waals surface area contributed by atoms with Crippen LogP contribution < -0.4 is 10.4 Å². The maximum Gasteiger partial charge on any atom is 0.279 e. The van der Waals surface area contributed by atoms with Gasteiger partial charge in [-0.3, -0.25) is 4.79 Å². The lowest BCUT2D eigenvalue weighted by Gasteiger charge is -2.14. The van der Waals surface area contributed by atoms with Gasteiger partial charge in [-0.25, -0.2) is 0 Å². The van der Waals surface area contributed by atoms with E-state index in [1.54, 1.807) is 6.92 Å². The fourth-order valence-corrected chi connectivity index (χ4v) is 1.42. The number of carbonyl (C=O) groups is 2. The van der Waals surface area contributed by atoms with Crippen LogP contribution in [0, 0.1) is 0 Å². The Labute approximate surface area is 86.0 Å². The lowest BCUT2D eigenvalue weighted by molar-refractivity contribution is -0.304. The third kappa shape index (κ3) is 5.76. The van der Waals surface area contributed by atoms with Crippen LogP contribution >= 0.6 is 23.4 Å². The number of halogens is 1. The molecule has 4 nitrogen and oxygen atoms in total. The van der Waals surface area contributed by atoms with Crippen molar-refractivity contribution in [2.75, 3.05) is 12.4 Å². The number of nitrogens with one attached hydrogen (secondary N) is 1. The number of carboxylic acid groups (broad SMARTS) is 1. The van der Waals surface area contributed by atoms with Crippen LogP contribution in [-0.4, -0.2) is 28.9 Å². The van der Waals surface area contributed by atoms with Gasteiger partial charge in [0.2, 0.25) is 0 Å². The first kappa shape index (κ1) is 12.6. The molecule has 0 fully saturated rings. The highest BCUT2D eigenvalue weighted by atomic mass is 35.5. The van der Waals surface area contributed by atoms with Crippen LogP contribution in [0.3, 0.4) is 0 Å². The van der Waals surface area contributed by atoms with Crippen LogP contribution in [0.5, 0.6) is 0 Å². The second-order valence-electron chi connectivity index (χ2n) is 2.24. The van der Waals surface area contributed by atoms with Gasteiger partial charge in [0.1, 0.15) is 0 Å². The third-order valence-electron chi connectivity index (χ3n) is 1.25. The van der Waals surface area contributed by atoms with Crippen molar-refractivity contribution < 1.29 is 14.7 Å². The zero-order chi connectivity index (χ0) is 10.3. The molecule has 0 aliphatic heterocycles. The predicted octanol–water partition coefficient (Wildman–Crippen LogP) is 0.196. The van der Waals surface area contributed by atoms with E-state index in [1.165, 1.54) is 0 Å². The first-order chi connectivity index (χ1) is 6.11. The Hall–Kier alpha value is -0.420. The van der Waals surface area contributed by atoms with E-state index in [0.717, 1.165) is 11.8 Å². The first-order valence-electron chi connectivity index (χ1n) is 3.83. The molecule has 1 N–H and O–H groups in total. The molecule has 0 rings (SSSR count). The fourth-order valence-electron chi connectivity index (χ4n) is 0.618. The van der Waals surface area contributed by atoms with Crippen LogP contribution in [0.25, 0.3) is 0 Å². The molecule has 1 atom stereocenters. The summed E-state index contributed by atoms with van der Waals surface area (Å²) in [6.45, 7) is 2.03. The van der Waals surface area contributed by atoms with E-state index in [4.69, 9.17) is 11.6 Å². The number of carboxylic acids is 1. The van der Waals surface area contributed by atoms with Crippen LogP contribution in [0.1, 0.15) is 13.3 Å². The standard InChI is InChI=1S/C7H12ClNO3S/c1-2-5(6(10)11)13-7(12)9-4-3-8/h5H,2-4H2,1H3,(H,9,12)(H,10,11)/p-1. The van der Waals surface area contributed by atoms with Gasteiger partial charge in [-0.2, -0.15) is 0 Å². The SMILES string of the molecule is CCC(SC(=O)NCCCl)C(=O)[O-]. The van der Waals surface area contributed by atoms with Crippen molar-refractivity contribution in [2.24, 2.45) is 0 Å². The average Bonchev–Trinajstić information content (AvgIpc) is 2.10. The van der Waals surface area contributed by atoms with Crippen LogP contribution in [0.4, 0.5) is 4.79 Å². The molecule has 0 aromatic rings. The number of thioether (sulfide) groups is 1. The van der Waals surface area contributed by atoms with Crippen LogP contribution in [-0.2, 0) is 4.79 Å². The lowest BCUT2D eigenvalue weighted by Crippen LogP contribution is -2.35. The Balaban J connectivity index is 3.80. The molecule has 13 heavy (non-hydrogen) atoms. The number of rotatable bonds is 5. The van der Waals surface area contributed by atoms with E-state index in [0.29, 0.717) is 18.8 Å². The largest absolute Gasteiger partial charge is 0.549 e. The van der Waals surface area contributed by atoms with E-state index < -0.39 is 11.2 Å². The van der Waals surface area contributed by atoms with Gasteiger partial charge < -0.3 is 15.2 Å². The summed E-state index contributed by atoms with van der Waals surface area (Å²) in [5, 5.41) is 11.7. The quantitative estimate of drug-likeness (QED) is 0.678. The predicted molar refractivity (Wildman–Crippen MR) is 50.8 cm³/mol. The Morgan fingerprint density at radius 1 is 1.62 bits per heavy atom. The molecule has 76 valence electrons. The Morgan fingerprint density at radius 2 is 2.23 bits per heavy atom. The van der Waals surface area contributed by atoms with Crippen LogP contribution in [0.15, 0.2) is 0 Å². The van der Waals surface area contributed by atoms with Gasteiger partial charge in [0, 0.05) is 12.4 Å². The summed E-state index contributed by atoms with van der Waals surface area (Å²) in [6.07, 6.45) is 0.362. The molecule has 0 saturated carbocycles. The highest BCUT2D eigenvalue weighted by Gasteiger charge is 2.12. The van der Waals surface area contributed by atoms with E-state index in [1.807, 2.05) is 0 Å². The van der Waals surface area contributed by atoms with E-state index in [-0.39, 0.29) is 5.24 Å². The molecule has 0 aliphatic rings. The summed E-state index contributed by atoms with van der Waals surface area (Å²) in [5.74, 6) is -0.900. The highest BCUT2D eigenvalue weighted by Crippen LogP contribution is 2.14. The zero-order valence-corrected chi connectivity index (χ0v) is 8.78. The molecule has 1 amide bonds. The van der Waals surface area contributed by atoms with Crippen molar-refractivity contribution in [1.82, 2.24) is 5.32 Å². The summed E-state index contributed by atoms with van der Waals surface area (Å²) in [4.78, 5) is 21.4. The summed E-state index contributed by atoms with van der Waals surface area (Å²) < 4.78 is 0. The average molecular weight is 225 g/mol. The van der Waals surface area contributed by atoms with Crippen LogP contribution in [0.2, 0.25) is 0 Å². The maximum absolute atomic E-state index is 11.0. The summed E-state index contributed by atoms with van der Waals surface area (Å²) in [6, 6.07) is 0. The monoisotopic (exact) mass is 224 g/mol. The van der Waals surface area contributed by atoms with Crippen molar-refractivity contribution in [3.05, 3.63) is 0 Å². The van der Waals surface area contributed by atoms with Gasteiger partial charge in [0.15, 0.2) is 0 Å². The summed E-state index contributed by atoms with van der Waals surface area (Å²) in [5.41, 5.74) is 0. The Morgan fingerprint density at radius 3 is 2.62 bits per heavy atom. The summed E-state index contributed by atoms with van der Waals surface area (Å²) >= 11 is 6.05. The normalized spacial score (nSPS) is 12.2. The molecule has 0 aliphatic carbocycles. The Bertz CT molecular complexity index is 189. The molecule has 0 heterocycles. The number of hydrogen-bond donors (Lipinski definition) is 1. The smallest absolute Gasteiger partial charge is 0.279 e. The molecule has 0 bridgehead atoms. The maximum atomic E-state index is 11.0. The molecule has 0 aromatic carbocycles. The van der Waals surface area contributed by atoms with Gasteiger partial charge in [-0.05, 0) is 6.42 Å². The highest BCUT2D eigenvalue weighted by molar-refractivity contribution is 8.14. The second kappa shape index (κ2) is 7.03. The van der Waals surface area contributed by atoms with Crippen molar-refractivity contribution in [3.8, 4) is 0 Å². The number of amides is 1. The Kier molecular flexibility index (Phi) is 6.80. The van der Waals surface area contributed by atoms with E-state index in [2.05, 4.69) is 5.32 Å². The van der Waals surface area contributed by atoms with E-state index in [9.17, 15) is 14.7 Å². The first-order valence-corrected chi connectivity index (χ1v) is 5.24. The van der Waals surface area contributed by atoms with Gasteiger partial charge in [-0.1, -0.05) is 18.7 Å².